The summed E-state index contributed by atoms with van der Waals surface area (Å²) < 4.78 is 2.44. The fraction of sp³-hybridized carbons (Fsp3) is 0.533. The van der Waals surface area contributed by atoms with Gasteiger partial charge < -0.3 is 4.90 Å². The van der Waals surface area contributed by atoms with E-state index in [2.05, 4.69) is 58.0 Å². The lowest BCUT2D eigenvalue weighted by Crippen LogP contribution is -2.29. The zero-order chi connectivity index (χ0) is 14.8. The molecule has 0 aliphatic carbocycles. The van der Waals surface area contributed by atoms with Gasteiger partial charge in [-0.15, -0.1) is 0 Å². The molecule has 1 N–H and O–H groups in total. The molecule has 5 nitrogen and oxygen atoms in total. The molecule has 2 heterocycles. The maximum absolute atomic E-state index is 5.22. The third kappa shape index (κ3) is 3.58. The molecule has 1 aromatic carbocycles. The Morgan fingerprint density at radius 1 is 1.33 bits per heavy atom. The van der Waals surface area contributed by atoms with Crippen molar-refractivity contribution in [2.24, 2.45) is 4.99 Å². The Kier molecular flexibility index (Phi) is 4.49. The lowest BCUT2D eigenvalue weighted by Gasteiger charge is -2.19. The fourth-order valence-electron chi connectivity index (χ4n) is 2.55. The highest BCUT2D eigenvalue weighted by atomic mass is 32.2. The van der Waals surface area contributed by atoms with Crippen molar-refractivity contribution in [3.63, 3.8) is 0 Å². The first-order valence-corrected chi connectivity index (χ1v) is 8.08. The lowest BCUT2D eigenvalue weighted by molar-refractivity contribution is 0.0504. The summed E-state index contributed by atoms with van der Waals surface area (Å²) in [6.07, 6.45) is 1.13. The third-order valence-electron chi connectivity index (χ3n) is 3.86. The van der Waals surface area contributed by atoms with Crippen LogP contribution in [-0.4, -0.2) is 54.5 Å². The average Bonchev–Trinajstić information content (AvgIpc) is 3.09. The van der Waals surface area contributed by atoms with Crippen LogP contribution in [-0.2, 0) is 4.84 Å². The molecule has 0 amide bonds. The zero-order valence-corrected chi connectivity index (χ0v) is 13.6. The van der Waals surface area contributed by atoms with Gasteiger partial charge in [0.25, 0.3) is 0 Å². The van der Waals surface area contributed by atoms with Gasteiger partial charge >= 0.3 is 0 Å². The van der Waals surface area contributed by atoms with Gasteiger partial charge in [-0.3, -0.25) is 0 Å². The summed E-state index contributed by atoms with van der Waals surface area (Å²) in [5, 5.41) is 0. The molecule has 1 unspecified atom stereocenters. The van der Waals surface area contributed by atoms with Crippen LogP contribution in [0.15, 0.2) is 34.2 Å². The topological polar surface area (TPSA) is 40.1 Å². The molecule has 6 heteroatoms. The van der Waals surface area contributed by atoms with Crippen LogP contribution in [0, 0.1) is 0 Å². The van der Waals surface area contributed by atoms with Crippen LogP contribution >= 0.6 is 11.9 Å². The van der Waals surface area contributed by atoms with Crippen molar-refractivity contribution in [2.45, 2.75) is 30.5 Å². The largest absolute Gasteiger partial charge is 0.305 e. The van der Waals surface area contributed by atoms with Gasteiger partial charge in [-0.1, -0.05) is 12.1 Å². The minimum atomic E-state index is -0.110. The molecule has 1 aromatic rings. The van der Waals surface area contributed by atoms with E-state index in [0.29, 0.717) is 6.04 Å². The van der Waals surface area contributed by atoms with Gasteiger partial charge in [0, 0.05) is 29.6 Å². The number of amidine groups is 1. The molecular formula is C15H22N4OS. The molecule has 114 valence electrons. The molecule has 0 radical (unpaired) electrons. The Morgan fingerprint density at radius 2 is 2.10 bits per heavy atom. The zero-order valence-electron chi connectivity index (χ0n) is 12.7. The molecule has 0 spiro atoms. The predicted molar refractivity (Wildman–Crippen MR) is 86.2 cm³/mol. The summed E-state index contributed by atoms with van der Waals surface area (Å²) >= 11 is 1.84. The van der Waals surface area contributed by atoms with Gasteiger partial charge in [0.05, 0.1) is 0 Å². The van der Waals surface area contributed by atoms with E-state index >= 15 is 0 Å². The molecule has 0 aromatic heterocycles. The van der Waals surface area contributed by atoms with Crippen LogP contribution in [0.25, 0.3) is 0 Å². The number of hydroxylamine groups is 1. The van der Waals surface area contributed by atoms with Gasteiger partial charge in [-0.2, -0.15) is 0 Å². The lowest BCUT2D eigenvalue weighted by atomic mass is 10.2. The monoisotopic (exact) mass is 306 g/mol. The number of hydrogen-bond acceptors (Lipinski definition) is 6. The van der Waals surface area contributed by atoms with Gasteiger partial charge in [-0.05, 0) is 51.5 Å². The third-order valence-corrected chi connectivity index (χ3v) is 4.93. The summed E-state index contributed by atoms with van der Waals surface area (Å²) in [5.74, 6) is 0.813. The van der Waals surface area contributed by atoms with E-state index in [-0.39, 0.29) is 6.23 Å². The smallest absolute Gasteiger partial charge is 0.174 e. The Hall–Kier alpha value is -1.08. The summed E-state index contributed by atoms with van der Waals surface area (Å²) in [7, 11) is 4.32. The molecule has 0 bridgehead atoms. The highest BCUT2D eigenvalue weighted by Gasteiger charge is 2.24. The van der Waals surface area contributed by atoms with Crippen LogP contribution in [0.1, 0.15) is 18.9 Å². The van der Waals surface area contributed by atoms with E-state index in [1.54, 1.807) is 0 Å². The first-order chi connectivity index (χ1) is 10.1. The van der Waals surface area contributed by atoms with E-state index in [4.69, 9.17) is 4.84 Å². The molecule has 2 aliphatic heterocycles. The molecule has 3 rings (SSSR count). The molecule has 1 fully saturated rings. The number of nitrogens with zero attached hydrogens (tertiary/aromatic N) is 3. The molecule has 2 aliphatic rings. The Labute approximate surface area is 130 Å². The molecule has 2 atom stereocenters. The van der Waals surface area contributed by atoms with Gasteiger partial charge in [0.1, 0.15) is 0 Å². The summed E-state index contributed by atoms with van der Waals surface area (Å²) in [6.45, 7) is 4.19. The van der Waals surface area contributed by atoms with E-state index in [1.807, 2.05) is 18.9 Å². The van der Waals surface area contributed by atoms with Crippen LogP contribution in [0.5, 0.6) is 0 Å². The van der Waals surface area contributed by atoms with Crippen LogP contribution < -0.4 is 5.48 Å². The van der Waals surface area contributed by atoms with Crippen LogP contribution in [0.3, 0.4) is 0 Å². The standard InChI is InChI=1S/C15H22N4OS/c1-11-16-15(17-20-11)12-4-6-14(7-5-12)21-19-9-8-13(10-19)18(2)3/h4-7,11,13H,8-10H2,1-3H3,(H,16,17)/t11?,13-/m1/s1. The van der Waals surface area contributed by atoms with E-state index < -0.39 is 0 Å². The Balaban J connectivity index is 1.59. The Morgan fingerprint density at radius 3 is 2.67 bits per heavy atom. The predicted octanol–water partition coefficient (Wildman–Crippen LogP) is 1.96. The molecular weight excluding hydrogens is 284 g/mol. The van der Waals surface area contributed by atoms with Crippen molar-refractivity contribution in [3.05, 3.63) is 29.8 Å². The maximum atomic E-state index is 5.22. The summed E-state index contributed by atoms with van der Waals surface area (Å²) in [4.78, 5) is 13.2. The van der Waals surface area contributed by atoms with Crippen molar-refractivity contribution < 1.29 is 4.84 Å². The minimum Gasteiger partial charge on any atom is -0.305 e. The highest BCUT2D eigenvalue weighted by molar-refractivity contribution is 7.97. The number of aliphatic imine (C=N–C) groups is 1. The quantitative estimate of drug-likeness (QED) is 0.861. The average molecular weight is 306 g/mol. The molecule has 21 heavy (non-hydrogen) atoms. The van der Waals surface area contributed by atoms with Crippen molar-refractivity contribution in [1.82, 2.24) is 14.7 Å². The molecule has 1 saturated heterocycles. The van der Waals surface area contributed by atoms with Crippen LogP contribution in [0.2, 0.25) is 0 Å². The second-order valence-electron chi connectivity index (χ2n) is 5.71. The molecule has 0 saturated carbocycles. The van der Waals surface area contributed by atoms with Gasteiger partial charge in [0.2, 0.25) is 0 Å². The SMILES string of the molecule is CC1N=C(c2ccc(SN3CC[C@@H](N(C)C)C3)cc2)NO1. The van der Waals surface area contributed by atoms with Crippen molar-refractivity contribution in [3.8, 4) is 0 Å². The highest BCUT2D eigenvalue weighted by Crippen LogP contribution is 2.28. The first kappa shape index (κ1) is 14.8. The van der Waals surface area contributed by atoms with E-state index in [0.717, 1.165) is 24.5 Å². The normalized spacial score (nSPS) is 26.2. The van der Waals surface area contributed by atoms with Crippen molar-refractivity contribution >= 4 is 17.8 Å². The fourth-order valence-corrected chi connectivity index (χ4v) is 3.55. The second kappa shape index (κ2) is 6.36. The second-order valence-corrected chi connectivity index (χ2v) is 6.88. The number of hydrogen-bond donors (Lipinski definition) is 1. The Bertz CT molecular complexity index is 517. The van der Waals surface area contributed by atoms with E-state index in [9.17, 15) is 0 Å². The minimum absolute atomic E-state index is 0.110. The van der Waals surface area contributed by atoms with E-state index in [1.165, 1.54) is 11.3 Å². The summed E-state index contributed by atoms with van der Waals surface area (Å²) in [6, 6.07) is 9.16. The van der Waals surface area contributed by atoms with Gasteiger partial charge in [0.15, 0.2) is 12.1 Å². The summed E-state index contributed by atoms with van der Waals surface area (Å²) in [5.41, 5.74) is 3.93. The van der Waals surface area contributed by atoms with Crippen LogP contribution in [0.4, 0.5) is 0 Å². The van der Waals surface area contributed by atoms with Crippen molar-refractivity contribution in [1.29, 1.82) is 0 Å². The first-order valence-electron chi connectivity index (χ1n) is 7.31. The maximum Gasteiger partial charge on any atom is 0.174 e. The van der Waals surface area contributed by atoms with Gasteiger partial charge in [-0.25, -0.2) is 19.6 Å². The number of nitrogens with one attached hydrogen (secondary N) is 1. The number of benzene rings is 1. The number of likely N-dealkylation sites (N-methyl/N-ethyl adjacent to an activating group) is 1. The van der Waals surface area contributed by atoms with Crippen molar-refractivity contribution in [2.75, 3.05) is 27.2 Å². The number of rotatable bonds is 4.